The van der Waals surface area contributed by atoms with Gasteiger partial charge in [0.1, 0.15) is 5.75 Å². The lowest BCUT2D eigenvalue weighted by Crippen LogP contribution is -2.15. The monoisotopic (exact) mass is 325 g/mol. The number of carbonyl (C=O) groups excluding carboxylic acids is 2. The molecule has 0 heterocycles. The number of rotatable bonds is 7. The molecule has 2 rings (SSSR count). The van der Waals surface area contributed by atoms with Gasteiger partial charge in [0.2, 0.25) is 5.91 Å². The summed E-state index contributed by atoms with van der Waals surface area (Å²) in [5, 5.41) is 2.82. The zero-order valence-electron chi connectivity index (χ0n) is 14.3. The lowest BCUT2D eigenvalue weighted by atomic mass is 10.0. The highest BCUT2D eigenvalue weighted by molar-refractivity contribution is 6.01. The Morgan fingerprint density at radius 1 is 1.00 bits per heavy atom. The first kappa shape index (κ1) is 17.7. The maximum Gasteiger partial charge on any atom is 0.224 e. The summed E-state index contributed by atoms with van der Waals surface area (Å²) >= 11 is 0. The summed E-state index contributed by atoms with van der Waals surface area (Å²) in [6.07, 6.45) is 0.346. The number of hydrogen-bond donors (Lipinski definition) is 1. The van der Waals surface area contributed by atoms with E-state index in [4.69, 9.17) is 4.74 Å². The van der Waals surface area contributed by atoms with Gasteiger partial charge in [-0.05, 0) is 38.5 Å². The molecule has 0 spiro atoms. The second-order valence-corrected chi connectivity index (χ2v) is 5.95. The zero-order chi connectivity index (χ0) is 17.5. The lowest BCUT2D eigenvalue weighted by molar-refractivity contribution is -0.116. The van der Waals surface area contributed by atoms with Gasteiger partial charge in [-0.15, -0.1) is 0 Å². The van der Waals surface area contributed by atoms with E-state index in [1.165, 1.54) is 0 Å². The van der Waals surface area contributed by atoms with E-state index in [1.54, 1.807) is 12.1 Å². The molecule has 0 saturated carbocycles. The van der Waals surface area contributed by atoms with Crippen LogP contribution in [0.25, 0.3) is 0 Å². The molecule has 0 aliphatic carbocycles. The first-order valence-corrected chi connectivity index (χ1v) is 8.11. The Hall–Kier alpha value is -2.62. The van der Waals surface area contributed by atoms with Gasteiger partial charge in [-0.2, -0.15) is 0 Å². The normalized spacial score (nSPS) is 10.5. The predicted octanol–water partition coefficient (Wildman–Crippen LogP) is 4.38. The van der Waals surface area contributed by atoms with Crippen molar-refractivity contribution < 1.29 is 14.3 Å². The Morgan fingerprint density at radius 2 is 1.67 bits per heavy atom. The van der Waals surface area contributed by atoms with Gasteiger partial charge in [0.05, 0.1) is 11.8 Å². The van der Waals surface area contributed by atoms with E-state index in [0.29, 0.717) is 17.0 Å². The van der Waals surface area contributed by atoms with E-state index in [2.05, 4.69) is 5.32 Å². The van der Waals surface area contributed by atoms with E-state index in [9.17, 15) is 9.59 Å². The summed E-state index contributed by atoms with van der Waals surface area (Å²) in [4.78, 5) is 24.4. The summed E-state index contributed by atoms with van der Waals surface area (Å²) in [5.74, 6) is 0.415. The molecular formula is C20H23NO3. The van der Waals surface area contributed by atoms with Gasteiger partial charge >= 0.3 is 0 Å². The van der Waals surface area contributed by atoms with Crippen molar-refractivity contribution in [2.75, 3.05) is 5.32 Å². The fourth-order valence-electron chi connectivity index (χ4n) is 2.39. The van der Waals surface area contributed by atoms with Crippen LogP contribution in [0.4, 0.5) is 5.69 Å². The number of anilines is 1. The van der Waals surface area contributed by atoms with Gasteiger partial charge in [-0.3, -0.25) is 9.59 Å². The van der Waals surface area contributed by atoms with Crippen LogP contribution in [0.1, 0.15) is 42.6 Å². The van der Waals surface area contributed by atoms with Crippen LogP contribution in [0.2, 0.25) is 0 Å². The summed E-state index contributed by atoms with van der Waals surface area (Å²) in [5.41, 5.74) is 2.23. The van der Waals surface area contributed by atoms with Gasteiger partial charge in [0.25, 0.3) is 0 Å². The number of ether oxygens (including phenoxy) is 1. The molecule has 0 unspecified atom stereocenters. The Morgan fingerprint density at radius 3 is 2.38 bits per heavy atom. The molecule has 4 heteroatoms. The van der Waals surface area contributed by atoms with Crippen molar-refractivity contribution >= 4 is 17.4 Å². The number of para-hydroxylation sites is 2. The average Bonchev–Trinajstić information content (AvgIpc) is 2.54. The minimum absolute atomic E-state index is 0.0186. The van der Waals surface area contributed by atoms with Gasteiger partial charge in [-0.1, -0.05) is 36.4 Å². The molecule has 1 N–H and O–H groups in total. The summed E-state index contributed by atoms with van der Waals surface area (Å²) in [6, 6.07) is 14.7. The summed E-state index contributed by atoms with van der Waals surface area (Å²) in [7, 11) is 0. The first-order chi connectivity index (χ1) is 11.5. The predicted molar refractivity (Wildman–Crippen MR) is 95.6 cm³/mol. The largest absolute Gasteiger partial charge is 0.489 e. The van der Waals surface area contributed by atoms with Gasteiger partial charge in [0.15, 0.2) is 5.78 Å². The molecule has 126 valence electrons. The number of nitrogens with one attached hydrogen (secondary N) is 1. The highest BCUT2D eigenvalue weighted by Gasteiger charge is 2.13. The Bertz CT molecular complexity index is 722. The van der Waals surface area contributed by atoms with Crippen molar-refractivity contribution in [1.82, 2.24) is 0 Å². The molecule has 0 fully saturated rings. The third-order valence-electron chi connectivity index (χ3n) is 3.55. The fourth-order valence-corrected chi connectivity index (χ4v) is 2.39. The number of carbonyl (C=O) groups is 2. The molecule has 0 atom stereocenters. The lowest BCUT2D eigenvalue weighted by Gasteiger charge is -2.14. The molecule has 24 heavy (non-hydrogen) atoms. The number of hydrogen-bond acceptors (Lipinski definition) is 3. The second kappa shape index (κ2) is 8.29. The number of Topliss-reactive ketones (excluding diaryl/α,β-unsaturated/α-hetero) is 1. The third-order valence-corrected chi connectivity index (χ3v) is 3.55. The molecule has 2 aromatic carbocycles. The molecule has 2 aromatic rings. The first-order valence-electron chi connectivity index (χ1n) is 8.11. The molecule has 0 aliphatic rings. The van der Waals surface area contributed by atoms with Gasteiger partial charge in [0, 0.05) is 18.4 Å². The fraction of sp³-hybridized carbons (Fsp3) is 0.300. The number of aryl methyl sites for hydroxylation is 1. The number of amides is 1. The molecule has 0 radical (unpaired) electrons. The molecule has 0 aromatic heterocycles. The van der Waals surface area contributed by atoms with Crippen molar-refractivity contribution in [3.05, 3.63) is 59.7 Å². The molecule has 0 aliphatic heterocycles. The standard InChI is InChI=1S/C20H23NO3/c1-14(2)24-19-11-7-6-10-17(19)21-20(23)13-12-18(22)16-9-5-4-8-15(16)3/h4-11,14H,12-13H2,1-3H3,(H,21,23). The van der Waals surface area contributed by atoms with Crippen LogP contribution >= 0.6 is 0 Å². The molecule has 0 bridgehead atoms. The number of benzene rings is 2. The number of ketones is 1. The topological polar surface area (TPSA) is 55.4 Å². The van der Waals surface area contributed by atoms with E-state index in [0.717, 1.165) is 5.56 Å². The SMILES string of the molecule is Cc1ccccc1C(=O)CCC(=O)Nc1ccccc1OC(C)C. The van der Waals surface area contributed by atoms with E-state index in [1.807, 2.05) is 57.2 Å². The smallest absolute Gasteiger partial charge is 0.224 e. The summed E-state index contributed by atoms with van der Waals surface area (Å²) < 4.78 is 5.68. The Balaban J connectivity index is 1.95. The maximum atomic E-state index is 12.2. The van der Waals surface area contributed by atoms with Crippen LogP contribution < -0.4 is 10.1 Å². The minimum Gasteiger partial charge on any atom is -0.489 e. The van der Waals surface area contributed by atoms with Crippen LogP contribution in [0.3, 0.4) is 0 Å². The van der Waals surface area contributed by atoms with Crippen molar-refractivity contribution in [3.8, 4) is 5.75 Å². The molecule has 0 saturated heterocycles. The van der Waals surface area contributed by atoms with Crippen LogP contribution in [0.5, 0.6) is 5.75 Å². The Labute approximate surface area is 142 Å². The van der Waals surface area contributed by atoms with Crippen LogP contribution in [-0.2, 0) is 4.79 Å². The maximum absolute atomic E-state index is 12.2. The van der Waals surface area contributed by atoms with Crippen LogP contribution in [0.15, 0.2) is 48.5 Å². The second-order valence-electron chi connectivity index (χ2n) is 5.95. The van der Waals surface area contributed by atoms with Crippen molar-refractivity contribution in [2.24, 2.45) is 0 Å². The third kappa shape index (κ3) is 4.95. The molecule has 4 nitrogen and oxygen atoms in total. The summed E-state index contributed by atoms with van der Waals surface area (Å²) in [6.45, 7) is 5.76. The van der Waals surface area contributed by atoms with Crippen LogP contribution in [-0.4, -0.2) is 17.8 Å². The van der Waals surface area contributed by atoms with Crippen LogP contribution in [0, 0.1) is 6.92 Å². The van der Waals surface area contributed by atoms with Gasteiger partial charge < -0.3 is 10.1 Å². The van der Waals surface area contributed by atoms with E-state index in [-0.39, 0.29) is 30.6 Å². The van der Waals surface area contributed by atoms with Crippen molar-refractivity contribution in [3.63, 3.8) is 0 Å². The molecule has 1 amide bonds. The highest BCUT2D eigenvalue weighted by atomic mass is 16.5. The van der Waals surface area contributed by atoms with E-state index >= 15 is 0 Å². The average molecular weight is 325 g/mol. The van der Waals surface area contributed by atoms with Crippen molar-refractivity contribution in [2.45, 2.75) is 39.7 Å². The van der Waals surface area contributed by atoms with Crippen molar-refractivity contribution in [1.29, 1.82) is 0 Å². The quantitative estimate of drug-likeness (QED) is 0.768. The Kier molecular flexibility index (Phi) is 6.13. The van der Waals surface area contributed by atoms with Gasteiger partial charge in [-0.25, -0.2) is 0 Å². The highest BCUT2D eigenvalue weighted by Crippen LogP contribution is 2.25. The minimum atomic E-state index is -0.197. The zero-order valence-corrected chi connectivity index (χ0v) is 14.3. The molecular weight excluding hydrogens is 302 g/mol. The van der Waals surface area contributed by atoms with E-state index < -0.39 is 0 Å².